The molecule has 2 aromatic carbocycles. The number of hydrogen-bond donors (Lipinski definition) is 2. The van der Waals surface area contributed by atoms with Crippen molar-refractivity contribution < 1.29 is 14.4 Å². The van der Waals surface area contributed by atoms with E-state index >= 15 is 0 Å². The molecule has 2 aromatic rings. The van der Waals surface area contributed by atoms with Crippen molar-refractivity contribution in [2.24, 2.45) is 0 Å². The van der Waals surface area contributed by atoms with Gasteiger partial charge in [0.25, 0.3) is 0 Å². The highest BCUT2D eigenvalue weighted by Gasteiger charge is 2.17. The number of anilines is 1. The molecule has 2 N–H and O–H groups in total. The number of hydrogen-bond acceptors (Lipinski definition) is 3. The molecule has 0 heterocycles. The molecule has 6 nitrogen and oxygen atoms in total. The van der Waals surface area contributed by atoms with Crippen LogP contribution in [0.2, 0.25) is 10.0 Å². The summed E-state index contributed by atoms with van der Waals surface area (Å²) in [6.07, 6.45) is -0.288. The van der Waals surface area contributed by atoms with Gasteiger partial charge in [-0.15, -0.1) is 0 Å². The molecule has 0 saturated carbocycles. The third-order valence-corrected chi connectivity index (χ3v) is 4.47. The Morgan fingerprint density at radius 2 is 1.78 bits per heavy atom. The van der Waals surface area contributed by atoms with E-state index in [0.29, 0.717) is 28.7 Å². The second-order valence-electron chi connectivity index (χ2n) is 5.86. The molecule has 0 saturated heterocycles. The van der Waals surface area contributed by atoms with Gasteiger partial charge in [-0.05, 0) is 30.7 Å². The molecule has 0 aromatic heterocycles. The molecule has 2 rings (SSSR count). The molecule has 1 atom stereocenters. The molecule has 0 spiro atoms. The summed E-state index contributed by atoms with van der Waals surface area (Å²) >= 11 is 11.7. The van der Waals surface area contributed by atoms with Crippen molar-refractivity contribution in [3.8, 4) is 0 Å². The van der Waals surface area contributed by atoms with E-state index < -0.39 is 18.0 Å². The SMILES string of the molecule is C[C@@H](NC(=O)CC(=O)Nc1ccc(Cl)c(Cl)c1)N(C=O)Cc1ccccc1. The van der Waals surface area contributed by atoms with Gasteiger partial charge >= 0.3 is 0 Å². The Bertz CT molecular complexity index is 815. The number of carbonyl (C=O) groups excluding carboxylic acids is 3. The average molecular weight is 408 g/mol. The second-order valence-corrected chi connectivity index (χ2v) is 6.68. The molecule has 0 aliphatic rings. The van der Waals surface area contributed by atoms with E-state index in [-0.39, 0.29) is 6.42 Å². The highest BCUT2D eigenvalue weighted by Crippen LogP contribution is 2.25. The fraction of sp³-hybridized carbons (Fsp3) is 0.211. The lowest BCUT2D eigenvalue weighted by Crippen LogP contribution is -2.46. The summed E-state index contributed by atoms with van der Waals surface area (Å²) in [6.45, 7) is 2.02. The Hall–Kier alpha value is -2.57. The van der Waals surface area contributed by atoms with Gasteiger partial charge < -0.3 is 15.5 Å². The first-order chi connectivity index (χ1) is 12.9. The van der Waals surface area contributed by atoms with Crippen LogP contribution >= 0.6 is 23.2 Å². The first-order valence-corrected chi connectivity index (χ1v) is 8.94. The predicted octanol–water partition coefficient (Wildman–Crippen LogP) is 3.44. The molecule has 8 heteroatoms. The second kappa shape index (κ2) is 9.94. The molecule has 0 radical (unpaired) electrons. The topological polar surface area (TPSA) is 78.5 Å². The van der Waals surface area contributed by atoms with Crippen molar-refractivity contribution in [1.29, 1.82) is 0 Å². The van der Waals surface area contributed by atoms with Crippen LogP contribution in [-0.2, 0) is 20.9 Å². The van der Waals surface area contributed by atoms with E-state index in [1.54, 1.807) is 19.1 Å². The van der Waals surface area contributed by atoms with Crippen molar-refractivity contribution in [3.05, 3.63) is 64.1 Å². The molecular weight excluding hydrogens is 389 g/mol. The first-order valence-electron chi connectivity index (χ1n) is 8.18. The lowest BCUT2D eigenvalue weighted by molar-refractivity contribution is -0.129. The lowest BCUT2D eigenvalue weighted by Gasteiger charge is -2.26. The predicted molar refractivity (Wildman–Crippen MR) is 105 cm³/mol. The van der Waals surface area contributed by atoms with Crippen LogP contribution in [0.25, 0.3) is 0 Å². The highest BCUT2D eigenvalue weighted by molar-refractivity contribution is 6.42. The lowest BCUT2D eigenvalue weighted by atomic mass is 10.2. The number of benzene rings is 2. The minimum Gasteiger partial charge on any atom is -0.336 e. The van der Waals surface area contributed by atoms with Crippen LogP contribution in [0.5, 0.6) is 0 Å². The average Bonchev–Trinajstić information content (AvgIpc) is 2.63. The van der Waals surface area contributed by atoms with Gasteiger partial charge in [-0.1, -0.05) is 53.5 Å². The largest absolute Gasteiger partial charge is 0.336 e. The van der Waals surface area contributed by atoms with Crippen LogP contribution in [0.1, 0.15) is 18.9 Å². The first kappa shape index (κ1) is 20.7. The molecule has 0 fully saturated rings. The Morgan fingerprint density at radius 3 is 2.41 bits per heavy atom. The normalized spacial score (nSPS) is 11.4. The molecule has 0 bridgehead atoms. The van der Waals surface area contributed by atoms with E-state index in [1.165, 1.54) is 11.0 Å². The summed E-state index contributed by atoms with van der Waals surface area (Å²) in [5.41, 5.74) is 1.37. The Labute approximate surface area is 167 Å². The summed E-state index contributed by atoms with van der Waals surface area (Å²) in [4.78, 5) is 36.8. The smallest absolute Gasteiger partial charge is 0.233 e. The maximum atomic E-state index is 12.1. The highest BCUT2D eigenvalue weighted by atomic mass is 35.5. The summed E-state index contributed by atoms with van der Waals surface area (Å²) in [7, 11) is 0. The number of amides is 3. The van der Waals surface area contributed by atoms with E-state index in [4.69, 9.17) is 23.2 Å². The summed E-state index contributed by atoms with van der Waals surface area (Å²) in [5.74, 6) is -1.00. The van der Waals surface area contributed by atoms with Crippen LogP contribution in [0.15, 0.2) is 48.5 Å². The van der Waals surface area contributed by atoms with Gasteiger partial charge in [0, 0.05) is 12.2 Å². The van der Waals surface area contributed by atoms with Crippen LogP contribution in [0.3, 0.4) is 0 Å². The Kier molecular flexibility index (Phi) is 7.64. The molecule has 3 amide bonds. The fourth-order valence-corrected chi connectivity index (χ4v) is 2.65. The van der Waals surface area contributed by atoms with Crippen LogP contribution in [-0.4, -0.2) is 29.3 Å². The maximum absolute atomic E-state index is 12.1. The summed E-state index contributed by atoms with van der Waals surface area (Å²) < 4.78 is 0. The van der Waals surface area contributed by atoms with Crippen LogP contribution < -0.4 is 10.6 Å². The third-order valence-electron chi connectivity index (χ3n) is 3.74. The summed E-state index contributed by atoms with van der Waals surface area (Å²) in [6, 6.07) is 14.0. The fourth-order valence-electron chi connectivity index (χ4n) is 2.35. The van der Waals surface area contributed by atoms with Gasteiger partial charge in [0.2, 0.25) is 18.2 Å². The molecule has 0 unspecified atom stereocenters. The van der Waals surface area contributed by atoms with E-state index in [9.17, 15) is 14.4 Å². The standard InChI is InChI=1S/C19H19Cl2N3O3/c1-13(24(12-25)11-14-5-3-2-4-6-14)22-18(26)10-19(27)23-15-7-8-16(20)17(21)9-15/h2-9,12-13H,10-11H2,1H3,(H,22,26)(H,23,27)/t13-/m0/s1. The van der Waals surface area contributed by atoms with Gasteiger partial charge in [0.1, 0.15) is 12.6 Å². The Morgan fingerprint density at radius 1 is 1.07 bits per heavy atom. The number of carbonyl (C=O) groups is 3. The third kappa shape index (κ3) is 6.58. The summed E-state index contributed by atoms with van der Waals surface area (Å²) in [5, 5.41) is 5.88. The molecular formula is C19H19Cl2N3O3. The van der Waals surface area contributed by atoms with E-state index in [2.05, 4.69) is 10.6 Å². The van der Waals surface area contributed by atoms with E-state index in [0.717, 1.165) is 5.56 Å². The minimum absolute atomic E-state index is 0.301. The molecule has 0 aliphatic heterocycles. The minimum atomic E-state index is -0.562. The number of rotatable bonds is 8. The Balaban J connectivity index is 1.86. The van der Waals surface area contributed by atoms with Crippen molar-refractivity contribution in [2.75, 3.05) is 5.32 Å². The molecule has 0 aliphatic carbocycles. The van der Waals surface area contributed by atoms with Crippen LogP contribution in [0, 0.1) is 0 Å². The van der Waals surface area contributed by atoms with Gasteiger partial charge in [-0.2, -0.15) is 0 Å². The zero-order chi connectivity index (χ0) is 19.8. The molecule has 142 valence electrons. The zero-order valence-corrected chi connectivity index (χ0v) is 16.1. The van der Waals surface area contributed by atoms with Gasteiger partial charge in [-0.25, -0.2) is 0 Å². The molecule has 27 heavy (non-hydrogen) atoms. The van der Waals surface area contributed by atoms with Crippen molar-refractivity contribution in [3.63, 3.8) is 0 Å². The van der Waals surface area contributed by atoms with E-state index in [1.807, 2.05) is 30.3 Å². The maximum Gasteiger partial charge on any atom is 0.233 e. The van der Waals surface area contributed by atoms with Crippen molar-refractivity contribution in [2.45, 2.75) is 26.1 Å². The van der Waals surface area contributed by atoms with Gasteiger partial charge in [-0.3, -0.25) is 14.4 Å². The monoisotopic (exact) mass is 407 g/mol. The number of nitrogens with one attached hydrogen (secondary N) is 2. The number of nitrogens with zero attached hydrogens (tertiary/aromatic N) is 1. The van der Waals surface area contributed by atoms with Crippen molar-refractivity contribution in [1.82, 2.24) is 10.2 Å². The number of halogens is 2. The van der Waals surface area contributed by atoms with Gasteiger partial charge in [0.05, 0.1) is 10.0 Å². The quantitative estimate of drug-likeness (QED) is 0.399. The van der Waals surface area contributed by atoms with Gasteiger partial charge in [0.15, 0.2) is 0 Å². The van der Waals surface area contributed by atoms with Crippen LogP contribution in [0.4, 0.5) is 5.69 Å². The van der Waals surface area contributed by atoms with Crippen molar-refractivity contribution >= 4 is 47.1 Å². The zero-order valence-electron chi connectivity index (χ0n) is 14.6.